The summed E-state index contributed by atoms with van der Waals surface area (Å²) in [5, 5.41) is 12.2. The number of aromatic nitrogens is 2. The number of alkyl halides is 3. The summed E-state index contributed by atoms with van der Waals surface area (Å²) in [5.74, 6) is -0.664. The van der Waals surface area contributed by atoms with Crippen molar-refractivity contribution < 1.29 is 23.1 Å². The van der Waals surface area contributed by atoms with E-state index >= 15 is 0 Å². The number of nitrogens with one attached hydrogen (secondary N) is 1. The number of carboxylic acids is 1. The van der Waals surface area contributed by atoms with Gasteiger partial charge in [-0.2, -0.15) is 13.2 Å². The number of nitrogens with zero attached hydrogens (tertiary/aromatic N) is 2. The molecule has 0 amide bonds. The Kier molecular flexibility index (Phi) is 4.69. The summed E-state index contributed by atoms with van der Waals surface area (Å²) in [6, 6.07) is 16.9. The molecule has 0 saturated heterocycles. The maximum atomic E-state index is 13.0. The van der Waals surface area contributed by atoms with E-state index in [1.54, 1.807) is 29.8 Å². The molecule has 0 aliphatic heterocycles. The van der Waals surface area contributed by atoms with E-state index < -0.39 is 17.7 Å². The normalized spacial score (nSPS) is 11.6. The molecule has 1 aromatic heterocycles. The third kappa shape index (κ3) is 3.59. The van der Waals surface area contributed by atoms with Crippen LogP contribution in [0.1, 0.15) is 15.9 Å². The Hall–Kier alpha value is -3.81. The minimum Gasteiger partial charge on any atom is -0.478 e. The van der Waals surface area contributed by atoms with Gasteiger partial charge >= 0.3 is 12.1 Å². The zero-order chi connectivity index (χ0) is 21.5. The molecule has 0 unspecified atom stereocenters. The lowest BCUT2D eigenvalue weighted by Gasteiger charge is -2.10. The molecule has 0 fully saturated rings. The number of benzene rings is 3. The molecule has 30 heavy (non-hydrogen) atoms. The molecule has 3 aromatic carbocycles. The first-order valence-corrected chi connectivity index (χ1v) is 8.97. The van der Waals surface area contributed by atoms with Crippen LogP contribution in [0.25, 0.3) is 22.2 Å². The van der Waals surface area contributed by atoms with Gasteiger partial charge < -0.3 is 15.0 Å². The average Bonchev–Trinajstić information content (AvgIpc) is 3.03. The van der Waals surface area contributed by atoms with Crippen LogP contribution in [-0.2, 0) is 13.2 Å². The van der Waals surface area contributed by atoms with Gasteiger partial charge in [0.2, 0.25) is 5.95 Å². The first-order chi connectivity index (χ1) is 14.2. The van der Waals surface area contributed by atoms with Gasteiger partial charge in [0.25, 0.3) is 0 Å². The molecular formula is C22H16F3N3O2. The second-order valence-corrected chi connectivity index (χ2v) is 6.76. The van der Waals surface area contributed by atoms with E-state index in [0.29, 0.717) is 17.0 Å². The Labute approximate surface area is 169 Å². The second-order valence-electron chi connectivity index (χ2n) is 6.76. The van der Waals surface area contributed by atoms with Crippen molar-refractivity contribution in [2.24, 2.45) is 7.05 Å². The topological polar surface area (TPSA) is 67.2 Å². The molecule has 0 radical (unpaired) electrons. The Morgan fingerprint density at radius 1 is 1.03 bits per heavy atom. The molecule has 152 valence electrons. The first kappa shape index (κ1) is 19.5. The Balaban J connectivity index is 1.78. The summed E-state index contributed by atoms with van der Waals surface area (Å²) in [6.45, 7) is 0. The minimum atomic E-state index is -4.44. The van der Waals surface area contributed by atoms with Crippen molar-refractivity contribution in [2.45, 2.75) is 6.18 Å². The fraction of sp³-hybridized carbons (Fsp3) is 0.0909. The maximum Gasteiger partial charge on any atom is 0.416 e. The lowest BCUT2D eigenvalue weighted by atomic mass is 10.0. The first-order valence-electron chi connectivity index (χ1n) is 8.97. The van der Waals surface area contributed by atoms with Crippen LogP contribution in [0, 0.1) is 0 Å². The van der Waals surface area contributed by atoms with Gasteiger partial charge in [-0.15, -0.1) is 0 Å². The largest absolute Gasteiger partial charge is 0.478 e. The standard InChI is InChI=1S/C22H16F3N3O2/c1-28-18-10-4-9-17(13-5-2-6-14(11-13)20(29)30)19(18)27-21(28)26-16-8-3-7-15(12-16)22(23,24)25/h2-12H,1H3,(H,26,27)(H,29,30). The van der Waals surface area contributed by atoms with E-state index in [1.807, 2.05) is 18.2 Å². The summed E-state index contributed by atoms with van der Waals surface area (Å²) < 4.78 is 40.7. The van der Waals surface area contributed by atoms with E-state index in [2.05, 4.69) is 10.3 Å². The smallest absolute Gasteiger partial charge is 0.416 e. The second kappa shape index (κ2) is 7.22. The lowest BCUT2D eigenvalue weighted by molar-refractivity contribution is -0.137. The number of aromatic carboxylic acids is 1. The molecule has 0 atom stereocenters. The molecule has 0 aliphatic rings. The maximum absolute atomic E-state index is 13.0. The highest BCUT2D eigenvalue weighted by Gasteiger charge is 2.30. The van der Waals surface area contributed by atoms with E-state index in [4.69, 9.17) is 0 Å². The van der Waals surface area contributed by atoms with E-state index in [-0.39, 0.29) is 11.3 Å². The number of carbonyl (C=O) groups is 1. The van der Waals surface area contributed by atoms with Gasteiger partial charge in [0.1, 0.15) is 0 Å². The number of rotatable bonds is 4. The highest BCUT2D eigenvalue weighted by molar-refractivity contribution is 5.96. The van der Waals surface area contributed by atoms with Crippen LogP contribution in [0.3, 0.4) is 0 Å². The molecule has 4 rings (SSSR count). The van der Waals surface area contributed by atoms with Gasteiger partial charge in [0.05, 0.1) is 22.2 Å². The van der Waals surface area contributed by atoms with Gasteiger partial charge in [-0.1, -0.05) is 30.3 Å². The summed E-state index contributed by atoms with van der Waals surface area (Å²) in [7, 11) is 1.75. The van der Waals surface area contributed by atoms with E-state index in [1.165, 1.54) is 18.2 Å². The van der Waals surface area contributed by atoms with Gasteiger partial charge in [-0.05, 0) is 42.0 Å². The Morgan fingerprint density at radius 2 is 1.77 bits per heavy atom. The molecule has 1 heterocycles. The van der Waals surface area contributed by atoms with Gasteiger partial charge in [0.15, 0.2) is 0 Å². The number of hydrogen-bond donors (Lipinski definition) is 2. The number of aryl methyl sites for hydroxylation is 1. The lowest BCUT2D eigenvalue weighted by Crippen LogP contribution is -2.06. The number of halogens is 3. The summed E-state index contributed by atoms with van der Waals surface area (Å²) in [5.41, 5.74) is 2.44. The summed E-state index contributed by atoms with van der Waals surface area (Å²) in [6.07, 6.45) is -4.44. The molecule has 4 aromatic rings. The predicted molar refractivity (Wildman–Crippen MR) is 108 cm³/mol. The van der Waals surface area contributed by atoms with E-state index in [0.717, 1.165) is 23.2 Å². The number of carboxylic acid groups (broad SMARTS) is 1. The number of para-hydroxylation sites is 1. The van der Waals surface area contributed by atoms with Crippen LogP contribution < -0.4 is 5.32 Å². The number of imidazole rings is 1. The van der Waals surface area contributed by atoms with Crippen LogP contribution in [0.4, 0.5) is 24.8 Å². The molecule has 0 saturated carbocycles. The van der Waals surface area contributed by atoms with Gasteiger partial charge in [-0.3, -0.25) is 0 Å². The minimum absolute atomic E-state index is 0.155. The summed E-state index contributed by atoms with van der Waals surface area (Å²) in [4.78, 5) is 15.9. The quantitative estimate of drug-likeness (QED) is 0.452. The Morgan fingerprint density at radius 3 is 2.50 bits per heavy atom. The van der Waals surface area contributed by atoms with E-state index in [9.17, 15) is 23.1 Å². The zero-order valence-electron chi connectivity index (χ0n) is 15.7. The van der Waals surface area contributed by atoms with Crippen molar-refractivity contribution in [1.82, 2.24) is 9.55 Å². The fourth-order valence-electron chi connectivity index (χ4n) is 3.28. The van der Waals surface area contributed by atoms with Crippen LogP contribution in [0.5, 0.6) is 0 Å². The van der Waals surface area contributed by atoms with Crippen molar-refractivity contribution >= 4 is 28.6 Å². The van der Waals surface area contributed by atoms with Crippen molar-refractivity contribution in [3.05, 3.63) is 77.9 Å². The van der Waals surface area contributed by atoms with Gasteiger partial charge in [-0.25, -0.2) is 9.78 Å². The third-order valence-electron chi connectivity index (χ3n) is 4.78. The Bertz CT molecular complexity index is 1260. The molecule has 0 spiro atoms. The number of fused-ring (bicyclic) bond motifs is 1. The van der Waals surface area contributed by atoms with Crippen LogP contribution in [0.2, 0.25) is 0 Å². The monoisotopic (exact) mass is 411 g/mol. The number of anilines is 2. The van der Waals surface area contributed by atoms with Crippen molar-refractivity contribution in [3.63, 3.8) is 0 Å². The van der Waals surface area contributed by atoms with Crippen molar-refractivity contribution in [2.75, 3.05) is 5.32 Å². The molecular weight excluding hydrogens is 395 g/mol. The van der Waals surface area contributed by atoms with Crippen molar-refractivity contribution in [3.8, 4) is 11.1 Å². The van der Waals surface area contributed by atoms with Crippen LogP contribution in [-0.4, -0.2) is 20.6 Å². The average molecular weight is 411 g/mol. The highest BCUT2D eigenvalue weighted by Crippen LogP contribution is 2.33. The molecule has 0 aliphatic carbocycles. The highest BCUT2D eigenvalue weighted by atomic mass is 19.4. The van der Waals surface area contributed by atoms with Crippen LogP contribution in [0.15, 0.2) is 66.7 Å². The molecule has 2 N–H and O–H groups in total. The molecule has 8 heteroatoms. The molecule has 0 bridgehead atoms. The van der Waals surface area contributed by atoms with Crippen LogP contribution >= 0.6 is 0 Å². The van der Waals surface area contributed by atoms with Gasteiger partial charge in [0, 0.05) is 18.3 Å². The third-order valence-corrected chi connectivity index (χ3v) is 4.78. The zero-order valence-corrected chi connectivity index (χ0v) is 15.7. The van der Waals surface area contributed by atoms with Crippen molar-refractivity contribution in [1.29, 1.82) is 0 Å². The molecule has 5 nitrogen and oxygen atoms in total. The fourth-order valence-corrected chi connectivity index (χ4v) is 3.28. The predicted octanol–water partition coefficient (Wildman–Crippen LogP) is 5.70. The number of hydrogen-bond acceptors (Lipinski definition) is 3. The SMILES string of the molecule is Cn1c(Nc2cccc(C(F)(F)F)c2)nc2c(-c3cccc(C(=O)O)c3)cccc21. The summed E-state index contributed by atoms with van der Waals surface area (Å²) >= 11 is 0.